The van der Waals surface area contributed by atoms with E-state index in [2.05, 4.69) is 13.8 Å². The van der Waals surface area contributed by atoms with Gasteiger partial charge < -0.3 is 4.74 Å². The zero-order chi connectivity index (χ0) is 15.2. The van der Waals surface area contributed by atoms with Crippen molar-refractivity contribution in [1.29, 1.82) is 0 Å². The Bertz CT molecular complexity index is 606. The predicted molar refractivity (Wildman–Crippen MR) is 90.4 cm³/mol. The molecule has 0 aliphatic carbocycles. The molecule has 0 spiro atoms. The molecule has 0 saturated heterocycles. The molecule has 0 aromatic heterocycles. The van der Waals surface area contributed by atoms with Gasteiger partial charge in [0.15, 0.2) is 5.78 Å². The lowest BCUT2D eigenvalue weighted by Crippen LogP contribution is -2.05. The highest BCUT2D eigenvalue weighted by Crippen LogP contribution is 2.31. The molecule has 2 aromatic rings. The Balaban J connectivity index is 2.32. The van der Waals surface area contributed by atoms with E-state index in [1.165, 1.54) is 0 Å². The summed E-state index contributed by atoms with van der Waals surface area (Å²) in [7, 11) is 1.65. The molecule has 3 heteroatoms. The van der Waals surface area contributed by atoms with Crippen LogP contribution in [0.1, 0.15) is 24.2 Å². The van der Waals surface area contributed by atoms with Gasteiger partial charge in [0, 0.05) is 11.1 Å². The van der Waals surface area contributed by atoms with Crippen LogP contribution in [0.3, 0.4) is 0 Å². The van der Waals surface area contributed by atoms with Crippen molar-refractivity contribution in [3.05, 3.63) is 54.1 Å². The molecular weight excluding hydrogens is 280 g/mol. The van der Waals surface area contributed by atoms with Crippen molar-refractivity contribution in [2.75, 3.05) is 12.9 Å². The lowest BCUT2D eigenvalue weighted by molar-refractivity contribution is 0.102. The monoisotopic (exact) mass is 300 g/mol. The lowest BCUT2D eigenvalue weighted by atomic mass is 10.0. The summed E-state index contributed by atoms with van der Waals surface area (Å²) in [6.45, 7) is 4.20. The van der Waals surface area contributed by atoms with Gasteiger partial charge >= 0.3 is 0 Å². The van der Waals surface area contributed by atoms with Crippen LogP contribution in [0, 0.1) is 0 Å². The Morgan fingerprint density at radius 2 is 1.86 bits per heavy atom. The second kappa shape index (κ2) is 7.32. The van der Waals surface area contributed by atoms with Crippen molar-refractivity contribution in [2.45, 2.75) is 19.1 Å². The minimum atomic E-state index is 0.161. The largest absolute Gasteiger partial charge is 0.496 e. The molecule has 0 aliphatic heterocycles. The lowest BCUT2D eigenvalue weighted by Gasteiger charge is -2.11. The van der Waals surface area contributed by atoms with Crippen LogP contribution >= 0.6 is 11.8 Å². The van der Waals surface area contributed by atoms with Crippen LogP contribution in [-0.4, -0.2) is 23.9 Å². The number of Topliss-reactive ketones (excluding diaryl/α,β-unsaturated/α-hetero) is 1. The van der Waals surface area contributed by atoms with E-state index in [1.807, 2.05) is 48.5 Å². The molecule has 0 bridgehead atoms. The van der Waals surface area contributed by atoms with Gasteiger partial charge in [-0.2, -0.15) is 11.8 Å². The Labute approximate surface area is 130 Å². The first kappa shape index (κ1) is 15.6. The van der Waals surface area contributed by atoms with Gasteiger partial charge in [0.1, 0.15) is 5.75 Å². The molecule has 0 fully saturated rings. The molecule has 2 nitrogen and oxygen atoms in total. The van der Waals surface area contributed by atoms with E-state index in [1.54, 1.807) is 18.9 Å². The molecule has 0 radical (unpaired) electrons. The molecule has 0 N–H and O–H groups in total. The summed E-state index contributed by atoms with van der Waals surface area (Å²) in [6.07, 6.45) is 0. The van der Waals surface area contributed by atoms with Crippen molar-refractivity contribution >= 4 is 17.5 Å². The minimum Gasteiger partial charge on any atom is -0.496 e. The van der Waals surface area contributed by atoms with Gasteiger partial charge in [-0.25, -0.2) is 0 Å². The maximum Gasteiger partial charge on any atom is 0.172 e. The Morgan fingerprint density at radius 1 is 1.14 bits per heavy atom. The summed E-state index contributed by atoms with van der Waals surface area (Å²) < 4.78 is 5.42. The van der Waals surface area contributed by atoms with Gasteiger partial charge in [0.25, 0.3) is 0 Å². The van der Waals surface area contributed by atoms with Crippen molar-refractivity contribution in [3.63, 3.8) is 0 Å². The van der Waals surface area contributed by atoms with Crippen LogP contribution in [0.15, 0.2) is 48.5 Å². The number of carbonyl (C=O) groups is 1. The summed E-state index contributed by atoms with van der Waals surface area (Å²) in [5.74, 6) is 1.46. The van der Waals surface area contributed by atoms with Crippen LogP contribution < -0.4 is 4.74 Å². The van der Waals surface area contributed by atoms with Crippen LogP contribution in [-0.2, 0) is 0 Å². The van der Waals surface area contributed by atoms with E-state index < -0.39 is 0 Å². The molecule has 0 aliphatic rings. The fraction of sp³-hybridized carbons (Fsp3) is 0.278. The third-order valence-corrected chi connectivity index (χ3v) is 4.25. The second-order valence-corrected chi connectivity index (χ2v) is 6.63. The van der Waals surface area contributed by atoms with Gasteiger partial charge in [-0.15, -0.1) is 0 Å². The average molecular weight is 300 g/mol. The smallest absolute Gasteiger partial charge is 0.172 e. The molecule has 0 heterocycles. The number of ketones is 1. The Kier molecular flexibility index (Phi) is 5.45. The molecule has 110 valence electrons. The Morgan fingerprint density at radius 3 is 2.48 bits per heavy atom. The first-order valence-electron chi connectivity index (χ1n) is 7.00. The van der Waals surface area contributed by atoms with Crippen LogP contribution in [0.25, 0.3) is 11.1 Å². The van der Waals surface area contributed by atoms with E-state index in [-0.39, 0.29) is 5.78 Å². The minimum absolute atomic E-state index is 0.161. The van der Waals surface area contributed by atoms with Gasteiger partial charge in [-0.3, -0.25) is 4.79 Å². The number of rotatable bonds is 6. The van der Waals surface area contributed by atoms with Gasteiger partial charge in [0.2, 0.25) is 0 Å². The van der Waals surface area contributed by atoms with E-state index in [9.17, 15) is 4.79 Å². The quantitative estimate of drug-likeness (QED) is 0.724. The SMILES string of the molecule is COc1ccc(C(=O)CSC(C)C)cc1-c1ccccc1. The molecule has 0 unspecified atom stereocenters. The summed E-state index contributed by atoms with van der Waals surface area (Å²) in [4.78, 5) is 12.3. The van der Waals surface area contributed by atoms with Crippen molar-refractivity contribution in [2.24, 2.45) is 0 Å². The highest BCUT2D eigenvalue weighted by Gasteiger charge is 2.12. The number of hydrogen-bond donors (Lipinski definition) is 0. The van der Waals surface area contributed by atoms with E-state index in [4.69, 9.17) is 4.74 Å². The summed E-state index contributed by atoms with van der Waals surface area (Å²) in [5, 5.41) is 0.459. The summed E-state index contributed by atoms with van der Waals surface area (Å²) in [5.41, 5.74) is 2.75. The molecule has 2 rings (SSSR count). The van der Waals surface area contributed by atoms with Gasteiger partial charge in [-0.1, -0.05) is 44.2 Å². The van der Waals surface area contributed by atoms with Crippen LogP contribution in [0.2, 0.25) is 0 Å². The second-order valence-electron chi connectivity index (χ2n) is 5.06. The molecule has 0 saturated carbocycles. The third-order valence-electron chi connectivity index (χ3n) is 3.15. The Hall–Kier alpha value is -1.74. The average Bonchev–Trinajstić information content (AvgIpc) is 2.52. The van der Waals surface area contributed by atoms with Crippen molar-refractivity contribution in [3.8, 4) is 16.9 Å². The third kappa shape index (κ3) is 4.11. The molecule has 0 atom stereocenters. The predicted octanol–water partition coefficient (Wildman–Crippen LogP) is 4.69. The number of thioether (sulfide) groups is 1. The maximum atomic E-state index is 12.3. The normalized spacial score (nSPS) is 10.7. The van der Waals surface area contributed by atoms with E-state index in [0.29, 0.717) is 11.0 Å². The first-order chi connectivity index (χ1) is 10.1. The van der Waals surface area contributed by atoms with Gasteiger partial charge in [-0.05, 0) is 29.0 Å². The number of methoxy groups -OCH3 is 1. The number of hydrogen-bond acceptors (Lipinski definition) is 3. The number of benzene rings is 2. The topological polar surface area (TPSA) is 26.3 Å². The van der Waals surface area contributed by atoms with Gasteiger partial charge in [0.05, 0.1) is 12.9 Å². The fourth-order valence-corrected chi connectivity index (χ4v) is 2.70. The highest BCUT2D eigenvalue weighted by atomic mass is 32.2. The zero-order valence-corrected chi connectivity index (χ0v) is 13.4. The van der Waals surface area contributed by atoms with Crippen molar-refractivity contribution < 1.29 is 9.53 Å². The zero-order valence-electron chi connectivity index (χ0n) is 12.6. The molecule has 21 heavy (non-hydrogen) atoms. The first-order valence-corrected chi connectivity index (χ1v) is 8.05. The van der Waals surface area contributed by atoms with E-state index in [0.717, 1.165) is 22.4 Å². The summed E-state index contributed by atoms with van der Waals surface area (Å²) >= 11 is 1.67. The van der Waals surface area contributed by atoms with Crippen LogP contribution in [0.5, 0.6) is 5.75 Å². The summed E-state index contributed by atoms with van der Waals surface area (Å²) in [6, 6.07) is 15.6. The standard InChI is InChI=1S/C18H20O2S/c1-13(2)21-12-17(19)15-9-10-18(20-3)16(11-15)14-7-5-4-6-8-14/h4-11,13H,12H2,1-3H3. The van der Waals surface area contributed by atoms with E-state index >= 15 is 0 Å². The van der Waals surface area contributed by atoms with Crippen molar-refractivity contribution in [1.82, 2.24) is 0 Å². The molecular formula is C18H20O2S. The number of carbonyl (C=O) groups excluding carboxylic acids is 1. The fourth-order valence-electron chi connectivity index (χ4n) is 2.05. The highest BCUT2D eigenvalue weighted by molar-refractivity contribution is 8.00. The molecule has 0 amide bonds. The molecule has 2 aromatic carbocycles. The maximum absolute atomic E-state index is 12.3. The van der Waals surface area contributed by atoms with Crippen LogP contribution in [0.4, 0.5) is 0 Å². The number of ether oxygens (including phenoxy) is 1.